The fraction of sp³-hybridized carbons (Fsp3) is 0.690. The second-order valence-electron chi connectivity index (χ2n) is 10.3. The van der Waals surface area contributed by atoms with Crippen LogP contribution >= 0.6 is 0 Å². The molecule has 0 aromatic heterocycles. The summed E-state index contributed by atoms with van der Waals surface area (Å²) in [6.45, 7) is 27.8. The zero-order valence-corrected chi connectivity index (χ0v) is 34.4. The van der Waals surface area contributed by atoms with E-state index < -0.39 is 11.5 Å². The van der Waals surface area contributed by atoms with Crippen molar-refractivity contribution in [2.45, 2.75) is 167 Å². The number of amides is 1. The molecule has 0 aliphatic rings. The summed E-state index contributed by atoms with van der Waals surface area (Å²) in [6, 6.07) is 0. The fourth-order valence-electron chi connectivity index (χ4n) is 3.38. The summed E-state index contributed by atoms with van der Waals surface area (Å²) in [4.78, 5) is 35.6. The summed E-state index contributed by atoms with van der Waals surface area (Å²) in [6.07, 6.45) is 29.1. The van der Waals surface area contributed by atoms with E-state index in [0.717, 1.165) is 38.5 Å². The SMILES string of the molecule is CC.CC.CC.CC.CC/C=C\C/C=C\C/C=C\C/C=C\C/C=C\CCCC(=O)OCC(C)(C)[C@@H](OC)C(=O)NCCC(C)=O.CCC. The van der Waals surface area contributed by atoms with Gasteiger partial charge in [0.1, 0.15) is 11.9 Å². The number of nitrogens with one attached hydrogen (secondary N) is 1. The molecule has 0 aromatic carbocycles. The van der Waals surface area contributed by atoms with Gasteiger partial charge in [0.2, 0.25) is 5.91 Å². The van der Waals surface area contributed by atoms with Gasteiger partial charge in [0.25, 0.3) is 0 Å². The molecular weight excluding hydrogens is 598 g/mol. The maximum absolute atomic E-state index is 12.4. The zero-order valence-electron chi connectivity index (χ0n) is 34.4. The molecule has 0 rings (SSSR count). The van der Waals surface area contributed by atoms with Crippen molar-refractivity contribution < 1.29 is 23.9 Å². The highest BCUT2D eigenvalue weighted by Crippen LogP contribution is 2.24. The van der Waals surface area contributed by atoms with Crippen LogP contribution in [0.3, 0.4) is 0 Å². The third-order valence-corrected chi connectivity index (χ3v) is 5.47. The average Bonchev–Trinajstić information content (AvgIpc) is 3.09. The molecule has 0 aliphatic heterocycles. The van der Waals surface area contributed by atoms with E-state index in [1.807, 2.05) is 69.2 Å². The molecule has 0 saturated heterocycles. The third-order valence-electron chi connectivity index (χ3n) is 5.47. The molecule has 0 fully saturated rings. The summed E-state index contributed by atoms with van der Waals surface area (Å²) in [5, 5.41) is 2.70. The summed E-state index contributed by atoms with van der Waals surface area (Å²) < 4.78 is 10.8. The van der Waals surface area contributed by atoms with E-state index in [-0.39, 0.29) is 37.2 Å². The lowest BCUT2D eigenvalue weighted by atomic mass is 9.86. The van der Waals surface area contributed by atoms with E-state index in [1.165, 1.54) is 20.5 Å². The van der Waals surface area contributed by atoms with Gasteiger partial charge in [0.15, 0.2) is 0 Å². The predicted octanol–water partition coefficient (Wildman–Crippen LogP) is 12.1. The lowest BCUT2D eigenvalue weighted by Crippen LogP contribution is -2.47. The molecule has 284 valence electrons. The number of methoxy groups -OCH3 is 1. The van der Waals surface area contributed by atoms with Crippen LogP contribution in [0, 0.1) is 5.41 Å². The second kappa shape index (κ2) is 51.1. The van der Waals surface area contributed by atoms with Crippen molar-refractivity contribution in [2.75, 3.05) is 20.3 Å². The summed E-state index contributed by atoms with van der Waals surface area (Å²) in [5.41, 5.74) is -0.700. The molecule has 0 aliphatic carbocycles. The maximum atomic E-state index is 12.4. The molecule has 0 aromatic rings. The minimum Gasteiger partial charge on any atom is -0.465 e. The second-order valence-corrected chi connectivity index (χ2v) is 10.3. The number of Topliss-reactive ketones (excluding diaryl/α,β-unsaturated/α-hetero) is 1. The molecule has 0 unspecified atom stereocenters. The van der Waals surface area contributed by atoms with Crippen LogP contribution in [-0.2, 0) is 23.9 Å². The Labute approximate surface area is 300 Å². The molecule has 1 amide bonds. The molecule has 0 saturated carbocycles. The fourth-order valence-corrected chi connectivity index (χ4v) is 3.38. The van der Waals surface area contributed by atoms with Crippen LogP contribution < -0.4 is 5.32 Å². The van der Waals surface area contributed by atoms with Crippen LogP contribution in [0.15, 0.2) is 60.8 Å². The van der Waals surface area contributed by atoms with Crippen LogP contribution in [-0.4, -0.2) is 44.0 Å². The van der Waals surface area contributed by atoms with Gasteiger partial charge in [-0.05, 0) is 51.9 Å². The number of ether oxygens (including phenoxy) is 2. The Morgan fingerprint density at radius 1 is 0.667 bits per heavy atom. The van der Waals surface area contributed by atoms with Gasteiger partial charge in [-0.3, -0.25) is 14.4 Å². The number of unbranched alkanes of at least 4 members (excludes halogenated alkanes) is 1. The summed E-state index contributed by atoms with van der Waals surface area (Å²) >= 11 is 0. The lowest BCUT2D eigenvalue weighted by Gasteiger charge is -2.31. The Balaban J connectivity index is -0.000000357. The van der Waals surface area contributed by atoms with Crippen LogP contribution in [0.25, 0.3) is 0 Å². The molecule has 6 nitrogen and oxygen atoms in total. The van der Waals surface area contributed by atoms with Gasteiger partial charge in [-0.15, -0.1) is 0 Å². The van der Waals surface area contributed by atoms with E-state index in [0.29, 0.717) is 12.8 Å². The summed E-state index contributed by atoms with van der Waals surface area (Å²) in [7, 11) is 1.45. The van der Waals surface area contributed by atoms with Crippen LogP contribution in [0.2, 0.25) is 0 Å². The number of allylic oxidation sites excluding steroid dienone is 10. The first-order valence-electron chi connectivity index (χ1n) is 18.9. The topological polar surface area (TPSA) is 81.7 Å². The van der Waals surface area contributed by atoms with Crippen molar-refractivity contribution in [1.29, 1.82) is 0 Å². The third kappa shape index (κ3) is 47.7. The Bertz CT molecular complexity index is 807. The van der Waals surface area contributed by atoms with Crippen molar-refractivity contribution in [3.05, 3.63) is 60.8 Å². The number of carbonyl (C=O) groups excluding carboxylic acids is 3. The normalized spacial score (nSPS) is 11.2. The molecule has 0 radical (unpaired) electrons. The van der Waals surface area contributed by atoms with Crippen LogP contribution in [0.5, 0.6) is 0 Å². The van der Waals surface area contributed by atoms with Gasteiger partial charge in [-0.25, -0.2) is 0 Å². The quantitative estimate of drug-likeness (QED) is 0.0741. The maximum Gasteiger partial charge on any atom is 0.305 e. The van der Waals surface area contributed by atoms with Gasteiger partial charge in [-0.1, -0.05) is 157 Å². The first-order valence-corrected chi connectivity index (χ1v) is 18.9. The number of carbonyl (C=O) groups is 3. The number of hydrogen-bond acceptors (Lipinski definition) is 5. The van der Waals surface area contributed by atoms with E-state index >= 15 is 0 Å². The molecule has 1 atom stereocenters. The average molecular weight is 680 g/mol. The van der Waals surface area contributed by atoms with E-state index in [4.69, 9.17) is 9.47 Å². The monoisotopic (exact) mass is 680 g/mol. The van der Waals surface area contributed by atoms with Crippen molar-refractivity contribution in [3.63, 3.8) is 0 Å². The standard InChI is InChI=1S/C31H49NO5.C3H8.4C2H6/c1-6-7-8-9-10-11-12-13-14-15-16-17-18-19-20-21-22-23-28(34)37-26-31(3,4)29(36-5)30(35)32-25-24-27(2)33;1-3-2;4*1-2/h7-8,10-11,13-14,16-17,19-20,29H,6,9,12,15,18,21-26H2,1-5H3,(H,32,35);3H2,1-2H3;4*1-2H3/b8-7-,11-10-,14-13-,17-16-,20-19-;;;;;/t29-;;;;;/m0...../s1. The van der Waals surface area contributed by atoms with Crippen LogP contribution in [0.1, 0.15) is 161 Å². The van der Waals surface area contributed by atoms with Gasteiger partial charge in [0, 0.05) is 31.9 Å². The Morgan fingerprint density at radius 3 is 1.44 bits per heavy atom. The minimum atomic E-state index is -0.784. The largest absolute Gasteiger partial charge is 0.465 e. The molecular formula is C42H81NO5. The van der Waals surface area contributed by atoms with Gasteiger partial charge in [0.05, 0.1) is 6.61 Å². The first-order chi connectivity index (χ1) is 23.2. The zero-order chi connectivity index (χ0) is 38.5. The Hall–Kier alpha value is -2.73. The first kappa shape index (κ1) is 57.5. The van der Waals surface area contributed by atoms with Crippen molar-refractivity contribution in [3.8, 4) is 0 Å². The van der Waals surface area contributed by atoms with E-state index in [1.54, 1.807) is 0 Å². The lowest BCUT2D eigenvalue weighted by molar-refractivity contribution is -0.155. The van der Waals surface area contributed by atoms with Gasteiger partial charge >= 0.3 is 5.97 Å². The minimum absolute atomic E-state index is 0.00652. The molecule has 0 spiro atoms. The van der Waals surface area contributed by atoms with Crippen molar-refractivity contribution in [1.82, 2.24) is 5.32 Å². The molecule has 0 heterocycles. The van der Waals surface area contributed by atoms with Crippen LogP contribution in [0.4, 0.5) is 0 Å². The van der Waals surface area contributed by atoms with E-state index in [9.17, 15) is 14.4 Å². The molecule has 0 bridgehead atoms. The smallest absolute Gasteiger partial charge is 0.305 e. The highest BCUT2D eigenvalue weighted by atomic mass is 16.5. The Kier molecular flexibility index (Phi) is 61.3. The molecule has 6 heteroatoms. The summed E-state index contributed by atoms with van der Waals surface area (Å²) in [5.74, 6) is -0.595. The van der Waals surface area contributed by atoms with Crippen molar-refractivity contribution in [2.24, 2.45) is 5.41 Å². The molecule has 48 heavy (non-hydrogen) atoms. The van der Waals surface area contributed by atoms with Crippen molar-refractivity contribution >= 4 is 17.7 Å². The predicted molar refractivity (Wildman–Crippen MR) is 214 cm³/mol. The highest BCUT2D eigenvalue weighted by molar-refractivity contribution is 5.82. The Morgan fingerprint density at radius 2 is 1.06 bits per heavy atom. The number of ketones is 1. The van der Waals surface area contributed by atoms with Gasteiger partial charge in [-0.2, -0.15) is 0 Å². The number of rotatable bonds is 21. The van der Waals surface area contributed by atoms with Gasteiger partial charge < -0.3 is 14.8 Å². The number of esters is 1. The number of hydrogen-bond donors (Lipinski definition) is 1. The van der Waals surface area contributed by atoms with E-state index in [2.05, 4.69) is 86.8 Å². The molecule has 1 N–H and O–H groups in total. The highest BCUT2D eigenvalue weighted by Gasteiger charge is 2.36.